The van der Waals surface area contributed by atoms with Crippen LogP contribution in [0.3, 0.4) is 0 Å². The van der Waals surface area contributed by atoms with Crippen LogP contribution in [0.5, 0.6) is 0 Å². The predicted molar refractivity (Wildman–Crippen MR) is 51.4 cm³/mol. The van der Waals surface area contributed by atoms with E-state index in [4.69, 9.17) is 23.2 Å². The van der Waals surface area contributed by atoms with E-state index >= 15 is 0 Å². The Labute approximate surface area is 80.2 Å². The van der Waals surface area contributed by atoms with E-state index in [1.54, 1.807) is 6.07 Å². The minimum atomic E-state index is 0.662. The van der Waals surface area contributed by atoms with Gasteiger partial charge in [-0.1, -0.05) is 23.2 Å². The third-order valence-electron chi connectivity index (χ3n) is 1.06. The molecule has 0 aliphatic carbocycles. The van der Waals surface area contributed by atoms with Gasteiger partial charge in [0.05, 0.1) is 0 Å². The average molecular weight is 208 g/mol. The molecule has 0 radical (unpaired) electrons. The van der Waals surface area contributed by atoms with Crippen LogP contribution in [0, 0.1) is 0 Å². The first kappa shape index (κ1) is 9.20. The molecule has 0 heterocycles. The van der Waals surface area contributed by atoms with Gasteiger partial charge in [-0.15, -0.1) is 0 Å². The van der Waals surface area contributed by atoms with Gasteiger partial charge >= 0.3 is 0 Å². The van der Waals surface area contributed by atoms with Gasteiger partial charge in [-0.25, -0.2) is 0 Å². The van der Waals surface area contributed by atoms with E-state index in [0.717, 1.165) is 4.90 Å². The van der Waals surface area contributed by atoms with Crippen molar-refractivity contribution >= 4 is 35.1 Å². The Balaban J connectivity index is 2.89. The number of hydrogen-bond acceptors (Lipinski definition) is 2. The van der Waals surface area contributed by atoms with Gasteiger partial charge in [0.25, 0.3) is 0 Å². The van der Waals surface area contributed by atoms with Gasteiger partial charge in [0.1, 0.15) is 0 Å². The van der Waals surface area contributed by atoms with E-state index in [2.05, 4.69) is 4.72 Å². The molecule has 0 bridgehead atoms. The summed E-state index contributed by atoms with van der Waals surface area (Å²) in [7, 11) is 1.85. The molecule has 11 heavy (non-hydrogen) atoms. The molecule has 0 amide bonds. The summed E-state index contributed by atoms with van der Waals surface area (Å²) >= 11 is 13.0. The Hall–Kier alpha value is 0.110. The van der Waals surface area contributed by atoms with E-state index in [1.807, 2.05) is 19.2 Å². The molecule has 0 aliphatic heterocycles. The molecule has 60 valence electrons. The van der Waals surface area contributed by atoms with Crippen molar-refractivity contribution in [1.82, 2.24) is 4.72 Å². The average Bonchev–Trinajstić information content (AvgIpc) is 1.85. The van der Waals surface area contributed by atoms with Gasteiger partial charge in [0.15, 0.2) is 0 Å². The topological polar surface area (TPSA) is 12.0 Å². The molecule has 1 rings (SSSR count). The first-order chi connectivity index (χ1) is 5.22. The van der Waals surface area contributed by atoms with Crippen LogP contribution >= 0.6 is 35.1 Å². The fraction of sp³-hybridized carbons (Fsp3) is 0.143. The van der Waals surface area contributed by atoms with Crippen molar-refractivity contribution < 1.29 is 0 Å². The quantitative estimate of drug-likeness (QED) is 0.749. The second-order valence-corrected chi connectivity index (χ2v) is 3.87. The van der Waals surface area contributed by atoms with Crippen LogP contribution in [0.4, 0.5) is 0 Å². The summed E-state index contributed by atoms with van der Waals surface area (Å²) in [4.78, 5) is 1.02. The molecule has 1 N–H and O–H groups in total. The van der Waals surface area contributed by atoms with Crippen molar-refractivity contribution in [3.05, 3.63) is 28.2 Å². The molecule has 0 fully saturated rings. The fourth-order valence-electron chi connectivity index (χ4n) is 0.705. The second-order valence-electron chi connectivity index (χ2n) is 1.91. The van der Waals surface area contributed by atoms with Crippen molar-refractivity contribution in [2.24, 2.45) is 0 Å². The molecule has 0 unspecified atom stereocenters. The van der Waals surface area contributed by atoms with Crippen LogP contribution in [0.1, 0.15) is 0 Å². The van der Waals surface area contributed by atoms with Gasteiger partial charge in [-0.3, -0.25) is 4.72 Å². The molecule has 0 aliphatic rings. The molecule has 0 saturated heterocycles. The highest BCUT2D eigenvalue weighted by Crippen LogP contribution is 2.24. The van der Waals surface area contributed by atoms with E-state index in [-0.39, 0.29) is 0 Å². The first-order valence-corrected chi connectivity index (χ1v) is 4.59. The maximum Gasteiger partial charge on any atom is 0.0432 e. The zero-order chi connectivity index (χ0) is 8.27. The highest BCUT2D eigenvalue weighted by atomic mass is 35.5. The van der Waals surface area contributed by atoms with Crippen LogP contribution in [-0.2, 0) is 0 Å². The first-order valence-electron chi connectivity index (χ1n) is 3.02. The lowest BCUT2D eigenvalue weighted by Gasteiger charge is -1.99. The Kier molecular flexibility index (Phi) is 3.52. The van der Waals surface area contributed by atoms with E-state index in [9.17, 15) is 0 Å². The largest absolute Gasteiger partial charge is 0.263 e. The highest BCUT2D eigenvalue weighted by Gasteiger charge is 1.96. The van der Waals surface area contributed by atoms with E-state index in [1.165, 1.54) is 11.9 Å². The highest BCUT2D eigenvalue weighted by molar-refractivity contribution is 7.97. The molecule has 1 aromatic rings. The molecule has 0 atom stereocenters. The zero-order valence-corrected chi connectivity index (χ0v) is 8.22. The van der Waals surface area contributed by atoms with Crippen molar-refractivity contribution in [2.75, 3.05) is 7.05 Å². The van der Waals surface area contributed by atoms with Crippen LogP contribution < -0.4 is 4.72 Å². The molecule has 0 saturated carbocycles. The number of halogens is 2. The van der Waals surface area contributed by atoms with Crippen molar-refractivity contribution in [2.45, 2.75) is 4.90 Å². The van der Waals surface area contributed by atoms with Crippen LogP contribution in [0.25, 0.3) is 0 Å². The van der Waals surface area contributed by atoms with Gasteiger partial charge in [-0.05, 0) is 37.2 Å². The maximum atomic E-state index is 5.76. The molecular formula is C7H7Cl2NS. The summed E-state index contributed by atoms with van der Waals surface area (Å²) in [6.07, 6.45) is 0. The van der Waals surface area contributed by atoms with Crippen LogP contribution in [0.2, 0.25) is 10.0 Å². The summed E-state index contributed by atoms with van der Waals surface area (Å²) in [5.41, 5.74) is 0. The lowest BCUT2D eigenvalue weighted by atomic mass is 10.4. The number of hydrogen-bond donors (Lipinski definition) is 1. The minimum absolute atomic E-state index is 0.662. The third-order valence-corrected chi connectivity index (χ3v) is 2.17. The van der Waals surface area contributed by atoms with Crippen LogP contribution in [-0.4, -0.2) is 7.05 Å². The third kappa shape index (κ3) is 2.91. The summed E-state index contributed by atoms with van der Waals surface area (Å²) in [5, 5.41) is 1.32. The number of benzene rings is 1. The Morgan fingerprint density at radius 3 is 2.18 bits per heavy atom. The standard InChI is InChI=1S/C7H7Cl2NS/c1-10-11-7-3-5(8)2-6(9)4-7/h2-4,10H,1H3. The molecular weight excluding hydrogens is 201 g/mol. The molecule has 1 nitrogen and oxygen atoms in total. The normalized spacial score (nSPS) is 10.1. The van der Waals surface area contributed by atoms with Gasteiger partial charge in [0, 0.05) is 14.9 Å². The molecule has 0 spiro atoms. The Morgan fingerprint density at radius 2 is 1.73 bits per heavy atom. The number of rotatable bonds is 2. The van der Waals surface area contributed by atoms with Gasteiger partial charge in [-0.2, -0.15) is 0 Å². The van der Waals surface area contributed by atoms with Crippen molar-refractivity contribution in [1.29, 1.82) is 0 Å². The van der Waals surface area contributed by atoms with E-state index in [0.29, 0.717) is 10.0 Å². The maximum absolute atomic E-state index is 5.76. The monoisotopic (exact) mass is 207 g/mol. The van der Waals surface area contributed by atoms with E-state index < -0.39 is 0 Å². The lowest BCUT2D eigenvalue weighted by molar-refractivity contribution is 1.28. The van der Waals surface area contributed by atoms with Gasteiger partial charge < -0.3 is 0 Å². The summed E-state index contributed by atoms with van der Waals surface area (Å²) in [6.45, 7) is 0. The zero-order valence-electron chi connectivity index (χ0n) is 5.90. The minimum Gasteiger partial charge on any atom is -0.263 e. The Morgan fingerprint density at radius 1 is 1.18 bits per heavy atom. The smallest absolute Gasteiger partial charge is 0.0432 e. The van der Waals surface area contributed by atoms with Gasteiger partial charge in [0.2, 0.25) is 0 Å². The Bertz CT molecular complexity index is 232. The summed E-state index contributed by atoms with van der Waals surface area (Å²) in [6, 6.07) is 5.42. The molecule has 4 heteroatoms. The molecule has 1 aromatic carbocycles. The number of nitrogens with one attached hydrogen (secondary N) is 1. The van der Waals surface area contributed by atoms with Crippen molar-refractivity contribution in [3.8, 4) is 0 Å². The second kappa shape index (κ2) is 4.21. The van der Waals surface area contributed by atoms with Crippen molar-refractivity contribution in [3.63, 3.8) is 0 Å². The molecule has 0 aromatic heterocycles. The van der Waals surface area contributed by atoms with Crippen LogP contribution in [0.15, 0.2) is 23.1 Å². The predicted octanol–water partition coefficient (Wildman–Crippen LogP) is 3.22. The summed E-state index contributed by atoms with van der Waals surface area (Å²) in [5.74, 6) is 0. The summed E-state index contributed by atoms with van der Waals surface area (Å²) < 4.78 is 2.94. The fourth-order valence-corrected chi connectivity index (χ4v) is 1.97. The SMILES string of the molecule is CNSc1cc(Cl)cc(Cl)c1. The lowest BCUT2D eigenvalue weighted by Crippen LogP contribution is -1.89.